The van der Waals surface area contributed by atoms with Gasteiger partial charge in [-0.3, -0.25) is 9.59 Å². The van der Waals surface area contributed by atoms with Crippen molar-refractivity contribution >= 4 is 17.5 Å². The van der Waals surface area contributed by atoms with Gasteiger partial charge in [0.25, 0.3) is 0 Å². The molecule has 2 aromatic carbocycles. The van der Waals surface area contributed by atoms with E-state index in [0.717, 1.165) is 5.56 Å². The maximum absolute atomic E-state index is 13.5. The number of ether oxygens (including phenoxy) is 5. The molecule has 34 heavy (non-hydrogen) atoms. The van der Waals surface area contributed by atoms with E-state index in [2.05, 4.69) is 5.32 Å². The van der Waals surface area contributed by atoms with E-state index in [0.29, 0.717) is 41.8 Å². The van der Waals surface area contributed by atoms with Gasteiger partial charge in [0.2, 0.25) is 18.6 Å². The number of likely N-dealkylation sites (tertiary alicyclic amines) is 1. The number of hydrogen-bond donors (Lipinski definition) is 1. The van der Waals surface area contributed by atoms with Crippen molar-refractivity contribution in [3.05, 3.63) is 54.1 Å². The quantitative estimate of drug-likeness (QED) is 0.656. The highest BCUT2D eigenvalue weighted by Gasteiger charge is 2.66. The summed E-state index contributed by atoms with van der Waals surface area (Å²) in [4.78, 5) is 28.6. The van der Waals surface area contributed by atoms with Crippen LogP contribution in [0.1, 0.15) is 5.56 Å². The summed E-state index contributed by atoms with van der Waals surface area (Å²) >= 11 is 0. The lowest BCUT2D eigenvalue weighted by Gasteiger charge is -2.23. The fraction of sp³-hybridized carbons (Fsp3) is 0.360. The van der Waals surface area contributed by atoms with Crippen LogP contribution in [-0.2, 0) is 20.9 Å². The van der Waals surface area contributed by atoms with Crippen LogP contribution in [0.25, 0.3) is 0 Å². The number of carbonyl (C=O) groups excluding carboxylic acids is 2. The van der Waals surface area contributed by atoms with Crippen molar-refractivity contribution < 1.29 is 33.3 Å². The molecule has 2 aromatic rings. The van der Waals surface area contributed by atoms with Crippen LogP contribution in [0.5, 0.6) is 23.0 Å². The molecule has 4 aliphatic heterocycles. The molecule has 2 saturated heterocycles. The number of fused-ring (bicyclic) bond motifs is 2. The molecule has 0 saturated carbocycles. The maximum atomic E-state index is 13.5. The van der Waals surface area contributed by atoms with E-state index in [1.165, 1.54) is 7.11 Å². The van der Waals surface area contributed by atoms with Gasteiger partial charge in [-0.1, -0.05) is 18.2 Å². The Hall–Kier alpha value is -3.72. The van der Waals surface area contributed by atoms with E-state index in [4.69, 9.17) is 23.7 Å². The number of nitrogens with one attached hydrogen (secondary N) is 1. The van der Waals surface area contributed by atoms with Gasteiger partial charge in [-0.05, 0) is 29.8 Å². The van der Waals surface area contributed by atoms with Gasteiger partial charge in [0.1, 0.15) is 5.60 Å². The zero-order valence-electron chi connectivity index (χ0n) is 18.8. The fourth-order valence-corrected chi connectivity index (χ4v) is 5.41. The van der Waals surface area contributed by atoms with Gasteiger partial charge >= 0.3 is 0 Å². The van der Waals surface area contributed by atoms with Crippen LogP contribution in [0, 0.1) is 11.8 Å². The van der Waals surface area contributed by atoms with E-state index in [1.807, 2.05) is 30.4 Å². The highest BCUT2D eigenvalue weighted by atomic mass is 16.7. The van der Waals surface area contributed by atoms with Gasteiger partial charge in [0, 0.05) is 18.3 Å². The Kier molecular flexibility index (Phi) is 4.70. The molecule has 0 aromatic heterocycles. The minimum Gasteiger partial charge on any atom is -0.493 e. The first kappa shape index (κ1) is 20.9. The van der Waals surface area contributed by atoms with Gasteiger partial charge < -0.3 is 33.9 Å². The molecule has 2 unspecified atom stereocenters. The van der Waals surface area contributed by atoms with E-state index < -0.39 is 23.5 Å². The van der Waals surface area contributed by atoms with Gasteiger partial charge in [-0.15, -0.1) is 0 Å². The van der Waals surface area contributed by atoms with Crippen molar-refractivity contribution in [3.63, 3.8) is 0 Å². The number of benzene rings is 2. The summed E-state index contributed by atoms with van der Waals surface area (Å²) in [6.45, 7) is 1.00. The summed E-state index contributed by atoms with van der Waals surface area (Å²) in [5, 5.41) is 2.93. The number of carbonyl (C=O) groups is 2. The minimum atomic E-state index is -0.780. The van der Waals surface area contributed by atoms with Crippen molar-refractivity contribution in [2.75, 3.05) is 32.9 Å². The third-order valence-electron chi connectivity index (χ3n) is 6.94. The first-order chi connectivity index (χ1) is 16.5. The second kappa shape index (κ2) is 7.66. The molecule has 9 heteroatoms. The minimum absolute atomic E-state index is 0.0861. The first-order valence-corrected chi connectivity index (χ1v) is 11.1. The van der Waals surface area contributed by atoms with Crippen LogP contribution >= 0.6 is 0 Å². The second-order valence-electron chi connectivity index (χ2n) is 8.84. The monoisotopic (exact) mass is 464 g/mol. The Balaban J connectivity index is 1.21. The van der Waals surface area contributed by atoms with E-state index >= 15 is 0 Å². The summed E-state index contributed by atoms with van der Waals surface area (Å²) in [6, 6.07) is 10.8. The zero-order valence-corrected chi connectivity index (χ0v) is 18.8. The average Bonchev–Trinajstić information content (AvgIpc) is 3.60. The highest BCUT2D eigenvalue weighted by molar-refractivity contribution is 5.99. The number of hydrogen-bond acceptors (Lipinski definition) is 7. The fourth-order valence-electron chi connectivity index (χ4n) is 5.41. The van der Waals surface area contributed by atoms with E-state index in [9.17, 15) is 9.59 Å². The predicted octanol–water partition coefficient (Wildman–Crippen LogP) is 2.35. The predicted molar refractivity (Wildman–Crippen MR) is 120 cm³/mol. The lowest BCUT2D eigenvalue weighted by atomic mass is 9.77. The Morgan fingerprint density at radius 3 is 2.76 bits per heavy atom. The SMILES string of the molecule is COc1ccc(NC(=O)C2C3C(=O)N(Cc4ccc5c(c4)OCO5)C[C@]34C=C[C@H]2O4)cc1OC. The molecule has 2 bridgehead atoms. The van der Waals surface area contributed by atoms with Crippen molar-refractivity contribution in [2.45, 2.75) is 18.2 Å². The van der Waals surface area contributed by atoms with Crippen LogP contribution in [0.15, 0.2) is 48.6 Å². The second-order valence-corrected chi connectivity index (χ2v) is 8.84. The molecule has 4 aliphatic rings. The van der Waals surface area contributed by atoms with Crippen LogP contribution in [0.2, 0.25) is 0 Å². The molecule has 1 N–H and O–H groups in total. The van der Waals surface area contributed by atoms with Gasteiger partial charge in [0.05, 0.1) is 38.7 Å². The van der Waals surface area contributed by atoms with Crippen LogP contribution < -0.4 is 24.3 Å². The van der Waals surface area contributed by atoms with Crippen LogP contribution in [0.4, 0.5) is 5.69 Å². The smallest absolute Gasteiger partial charge is 0.231 e. The average molecular weight is 464 g/mol. The third kappa shape index (κ3) is 3.11. The van der Waals surface area contributed by atoms with Gasteiger partial charge in [0.15, 0.2) is 23.0 Å². The Morgan fingerprint density at radius 1 is 1.12 bits per heavy atom. The van der Waals surface area contributed by atoms with Crippen molar-refractivity contribution in [3.8, 4) is 23.0 Å². The molecular weight excluding hydrogens is 440 g/mol. The van der Waals surface area contributed by atoms with Gasteiger partial charge in [-0.25, -0.2) is 0 Å². The molecule has 9 nitrogen and oxygen atoms in total. The maximum Gasteiger partial charge on any atom is 0.231 e. The summed E-state index contributed by atoms with van der Waals surface area (Å²) in [6.07, 6.45) is 3.41. The molecule has 2 amide bonds. The van der Waals surface area contributed by atoms with E-state index in [-0.39, 0.29) is 18.6 Å². The summed E-state index contributed by atoms with van der Waals surface area (Å²) in [5.74, 6) is 0.909. The number of anilines is 1. The molecule has 4 atom stereocenters. The number of methoxy groups -OCH3 is 2. The Labute approximate surface area is 196 Å². The molecule has 4 heterocycles. The molecule has 0 aliphatic carbocycles. The molecular formula is C25H24N2O7. The summed E-state index contributed by atoms with van der Waals surface area (Å²) in [5.41, 5.74) is 0.711. The largest absolute Gasteiger partial charge is 0.493 e. The number of rotatable bonds is 6. The molecule has 176 valence electrons. The van der Waals surface area contributed by atoms with Crippen LogP contribution in [0.3, 0.4) is 0 Å². The highest BCUT2D eigenvalue weighted by Crippen LogP contribution is 2.52. The lowest BCUT2D eigenvalue weighted by Crippen LogP contribution is -2.41. The Bertz CT molecular complexity index is 1210. The summed E-state index contributed by atoms with van der Waals surface area (Å²) < 4.78 is 27.6. The number of amides is 2. The van der Waals surface area contributed by atoms with Crippen LogP contribution in [-0.4, -0.2) is 56.0 Å². The lowest BCUT2D eigenvalue weighted by molar-refractivity contribution is -0.136. The van der Waals surface area contributed by atoms with Crippen molar-refractivity contribution in [1.82, 2.24) is 4.90 Å². The first-order valence-electron chi connectivity index (χ1n) is 11.1. The normalized spacial score (nSPS) is 27.8. The molecule has 6 rings (SSSR count). The topological polar surface area (TPSA) is 95.6 Å². The van der Waals surface area contributed by atoms with E-state index in [1.54, 1.807) is 30.2 Å². The van der Waals surface area contributed by atoms with Gasteiger partial charge in [-0.2, -0.15) is 0 Å². The standard InChI is InChI=1S/C25H24N2O7/c1-30-16-6-4-15(10-19(16)31-2)26-23(28)21-18-7-8-25(34-18)12-27(24(29)22(21)25)11-14-3-5-17-20(9-14)33-13-32-17/h3-10,18,21-22H,11-13H2,1-2H3,(H,26,28)/t18-,21?,22?,25-/m1/s1. The third-order valence-corrected chi connectivity index (χ3v) is 6.94. The van der Waals surface area contributed by atoms with Crippen molar-refractivity contribution in [1.29, 1.82) is 0 Å². The number of nitrogens with zero attached hydrogens (tertiary/aromatic N) is 1. The van der Waals surface area contributed by atoms with Crippen molar-refractivity contribution in [2.24, 2.45) is 11.8 Å². The molecule has 1 spiro atoms. The summed E-state index contributed by atoms with van der Waals surface area (Å²) in [7, 11) is 3.09. The zero-order chi connectivity index (χ0) is 23.4. The Morgan fingerprint density at radius 2 is 1.94 bits per heavy atom. The molecule has 2 fully saturated rings. The molecule has 0 radical (unpaired) electrons.